The minimum atomic E-state index is -0.544. The van der Waals surface area contributed by atoms with Crippen molar-refractivity contribution >= 4 is 11.9 Å². The summed E-state index contributed by atoms with van der Waals surface area (Å²) in [5, 5.41) is 0. The van der Waals surface area contributed by atoms with Crippen LogP contribution in [0.4, 0.5) is 0 Å². The van der Waals surface area contributed by atoms with Gasteiger partial charge in [-0.25, -0.2) is 9.59 Å². The van der Waals surface area contributed by atoms with Gasteiger partial charge in [-0.1, -0.05) is 20.4 Å². The lowest BCUT2D eigenvalue weighted by Gasteiger charge is -2.38. The molecule has 0 amide bonds. The molecular formula is C17H26O4. The number of hydrogen-bond donors (Lipinski definition) is 0. The molecule has 4 nitrogen and oxygen atoms in total. The van der Waals surface area contributed by atoms with Gasteiger partial charge in [-0.05, 0) is 56.8 Å². The van der Waals surface area contributed by atoms with Crippen LogP contribution in [-0.4, -0.2) is 24.1 Å². The van der Waals surface area contributed by atoms with E-state index in [-0.39, 0.29) is 12.2 Å². The third-order valence-electron chi connectivity index (χ3n) is 4.66. The molecule has 0 aromatic heterocycles. The van der Waals surface area contributed by atoms with Crippen molar-refractivity contribution < 1.29 is 19.1 Å². The fourth-order valence-corrected chi connectivity index (χ4v) is 4.01. The third kappa shape index (κ3) is 3.66. The van der Waals surface area contributed by atoms with Crippen LogP contribution in [0, 0.1) is 17.8 Å². The molecule has 0 aromatic carbocycles. The molecule has 2 aliphatic carbocycles. The summed E-state index contributed by atoms with van der Waals surface area (Å²) in [6.45, 7) is 9.05. The molecule has 2 rings (SSSR count). The number of rotatable bonds is 6. The third-order valence-corrected chi connectivity index (χ3v) is 4.66. The molecule has 0 radical (unpaired) electrons. The van der Waals surface area contributed by atoms with E-state index in [9.17, 15) is 9.59 Å². The van der Waals surface area contributed by atoms with Gasteiger partial charge < -0.3 is 9.47 Å². The monoisotopic (exact) mass is 294 g/mol. The van der Waals surface area contributed by atoms with E-state index in [1.807, 2.05) is 0 Å². The van der Waals surface area contributed by atoms with Crippen LogP contribution in [0.2, 0.25) is 0 Å². The highest BCUT2D eigenvalue weighted by atomic mass is 16.6. The Hall–Kier alpha value is -1.32. The Morgan fingerprint density at radius 2 is 2.05 bits per heavy atom. The summed E-state index contributed by atoms with van der Waals surface area (Å²) in [6, 6.07) is 0. The van der Waals surface area contributed by atoms with Gasteiger partial charge in [0.25, 0.3) is 0 Å². The zero-order valence-corrected chi connectivity index (χ0v) is 13.3. The van der Waals surface area contributed by atoms with Gasteiger partial charge in [-0.15, -0.1) is 0 Å². The van der Waals surface area contributed by atoms with Crippen LogP contribution in [-0.2, 0) is 19.1 Å². The van der Waals surface area contributed by atoms with Gasteiger partial charge in [0.15, 0.2) is 6.61 Å². The van der Waals surface area contributed by atoms with E-state index < -0.39 is 11.9 Å². The van der Waals surface area contributed by atoms with Crippen LogP contribution in [0.5, 0.6) is 0 Å². The van der Waals surface area contributed by atoms with E-state index in [2.05, 4.69) is 20.4 Å². The Bertz CT molecular complexity index is 440. The first-order valence-corrected chi connectivity index (χ1v) is 7.87. The Morgan fingerprint density at radius 3 is 2.52 bits per heavy atom. The van der Waals surface area contributed by atoms with Crippen LogP contribution in [0.1, 0.15) is 52.9 Å². The highest BCUT2D eigenvalue weighted by Crippen LogP contribution is 2.55. The molecule has 2 saturated carbocycles. The standard InChI is InChI=1S/C17H26O4/c1-11(2)8-17(9-13-5-6-14(17)7-13)21-15(18)10-20-16(19)12(3)4/h11,13-14H,3,5-10H2,1-2,4H3. The van der Waals surface area contributed by atoms with Gasteiger partial charge in [-0.2, -0.15) is 0 Å². The van der Waals surface area contributed by atoms with E-state index in [0.29, 0.717) is 23.3 Å². The summed E-state index contributed by atoms with van der Waals surface area (Å²) in [5.74, 6) is 0.677. The number of carbonyl (C=O) groups excluding carboxylic acids is 2. The molecule has 3 atom stereocenters. The minimum Gasteiger partial charge on any atom is -0.456 e. The van der Waals surface area contributed by atoms with Crippen molar-refractivity contribution in [2.24, 2.45) is 17.8 Å². The summed E-state index contributed by atoms with van der Waals surface area (Å²) >= 11 is 0. The highest BCUT2D eigenvalue weighted by molar-refractivity contribution is 5.88. The SMILES string of the molecule is C=C(C)C(=O)OCC(=O)OC1(CC(C)C)CC2CCC1C2. The van der Waals surface area contributed by atoms with Crippen molar-refractivity contribution in [2.45, 2.75) is 58.5 Å². The fraction of sp³-hybridized carbons (Fsp3) is 0.765. The molecule has 2 bridgehead atoms. The molecule has 21 heavy (non-hydrogen) atoms. The summed E-state index contributed by atoms with van der Waals surface area (Å²) in [6.07, 6.45) is 5.44. The molecule has 3 unspecified atom stereocenters. The van der Waals surface area contributed by atoms with Crippen LogP contribution in [0.3, 0.4) is 0 Å². The predicted molar refractivity (Wildman–Crippen MR) is 79.5 cm³/mol. The van der Waals surface area contributed by atoms with E-state index in [1.165, 1.54) is 12.8 Å². The second-order valence-electron chi connectivity index (χ2n) is 7.07. The molecule has 0 heterocycles. The Labute approximate surface area is 126 Å². The largest absolute Gasteiger partial charge is 0.456 e. The molecule has 0 aromatic rings. The van der Waals surface area contributed by atoms with Crippen LogP contribution < -0.4 is 0 Å². The Morgan fingerprint density at radius 1 is 1.33 bits per heavy atom. The van der Waals surface area contributed by atoms with Crippen molar-refractivity contribution in [3.05, 3.63) is 12.2 Å². The average Bonchev–Trinajstić information content (AvgIpc) is 2.95. The maximum absolute atomic E-state index is 12.1. The summed E-state index contributed by atoms with van der Waals surface area (Å²) in [4.78, 5) is 23.4. The number of ether oxygens (including phenoxy) is 2. The van der Waals surface area contributed by atoms with Crippen LogP contribution >= 0.6 is 0 Å². The van der Waals surface area contributed by atoms with Crippen LogP contribution in [0.15, 0.2) is 12.2 Å². The minimum absolute atomic E-state index is 0.291. The number of esters is 2. The summed E-state index contributed by atoms with van der Waals surface area (Å²) in [5.41, 5.74) is -0.0383. The first-order chi connectivity index (χ1) is 9.82. The predicted octanol–water partition coefficient (Wildman–Crippen LogP) is 3.25. The molecule has 2 aliphatic rings. The zero-order chi connectivity index (χ0) is 15.6. The van der Waals surface area contributed by atoms with Gasteiger partial charge in [0.2, 0.25) is 0 Å². The van der Waals surface area contributed by atoms with E-state index in [4.69, 9.17) is 9.47 Å². The highest BCUT2D eigenvalue weighted by Gasteiger charge is 2.53. The normalized spacial score (nSPS) is 30.5. The van der Waals surface area contributed by atoms with Crippen molar-refractivity contribution in [3.63, 3.8) is 0 Å². The van der Waals surface area contributed by atoms with Crippen LogP contribution in [0.25, 0.3) is 0 Å². The molecule has 0 N–H and O–H groups in total. The Kier molecular flexibility index (Phi) is 4.74. The average molecular weight is 294 g/mol. The number of hydrogen-bond acceptors (Lipinski definition) is 4. The fourth-order valence-electron chi connectivity index (χ4n) is 4.01. The summed E-state index contributed by atoms with van der Waals surface area (Å²) in [7, 11) is 0. The molecule has 4 heteroatoms. The second kappa shape index (κ2) is 6.20. The first-order valence-electron chi connectivity index (χ1n) is 7.87. The lowest BCUT2D eigenvalue weighted by atomic mass is 9.78. The lowest BCUT2D eigenvalue weighted by Crippen LogP contribution is -2.42. The number of carbonyl (C=O) groups is 2. The van der Waals surface area contributed by atoms with Crippen molar-refractivity contribution in [1.82, 2.24) is 0 Å². The van der Waals surface area contributed by atoms with Gasteiger partial charge in [0, 0.05) is 5.57 Å². The molecule has 2 fully saturated rings. The maximum atomic E-state index is 12.1. The second-order valence-corrected chi connectivity index (χ2v) is 7.07. The molecule has 0 saturated heterocycles. The molecule has 0 aliphatic heterocycles. The van der Waals surface area contributed by atoms with Crippen molar-refractivity contribution in [2.75, 3.05) is 6.61 Å². The topological polar surface area (TPSA) is 52.6 Å². The quantitative estimate of drug-likeness (QED) is 0.557. The van der Waals surface area contributed by atoms with E-state index in [0.717, 1.165) is 19.3 Å². The molecule has 0 spiro atoms. The first kappa shape index (κ1) is 16.1. The van der Waals surface area contributed by atoms with Crippen molar-refractivity contribution in [3.8, 4) is 0 Å². The van der Waals surface area contributed by atoms with Gasteiger partial charge in [-0.3, -0.25) is 0 Å². The lowest BCUT2D eigenvalue weighted by molar-refractivity contribution is -0.176. The van der Waals surface area contributed by atoms with Gasteiger partial charge in [0.05, 0.1) is 0 Å². The van der Waals surface area contributed by atoms with E-state index in [1.54, 1.807) is 6.92 Å². The molecule has 118 valence electrons. The maximum Gasteiger partial charge on any atom is 0.344 e. The smallest absolute Gasteiger partial charge is 0.344 e. The number of fused-ring (bicyclic) bond motifs is 2. The Balaban J connectivity index is 1.95. The molecular weight excluding hydrogens is 268 g/mol. The van der Waals surface area contributed by atoms with Gasteiger partial charge >= 0.3 is 11.9 Å². The van der Waals surface area contributed by atoms with E-state index >= 15 is 0 Å². The zero-order valence-electron chi connectivity index (χ0n) is 13.3. The van der Waals surface area contributed by atoms with Gasteiger partial charge in [0.1, 0.15) is 5.60 Å². The van der Waals surface area contributed by atoms with Crippen molar-refractivity contribution in [1.29, 1.82) is 0 Å². The summed E-state index contributed by atoms with van der Waals surface area (Å²) < 4.78 is 10.7.